The molecular formula is C16H12N4O. The first-order valence-corrected chi connectivity index (χ1v) is 6.45. The van der Waals surface area contributed by atoms with Gasteiger partial charge >= 0.3 is 0 Å². The van der Waals surface area contributed by atoms with Gasteiger partial charge in [0, 0.05) is 11.5 Å². The molecule has 0 fully saturated rings. The van der Waals surface area contributed by atoms with Gasteiger partial charge in [-0.05, 0) is 18.2 Å². The van der Waals surface area contributed by atoms with E-state index in [9.17, 15) is 5.26 Å². The Kier molecular flexibility index (Phi) is 3.44. The number of hydrogen-bond acceptors (Lipinski definition) is 5. The molecule has 1 atom stereocenters. The fourth-order valence-corrected chi connectivity index (χ4v) is 2.12. The molecule has 2 aromatic heterocycles. The Hall–Kier alpha value is -3.00. The second kappa shape index (κ2) is 5.55. The molecule has 21 heavy (non-hydrogen) atoms. The van der Waals surface area contributed by atoms with Crippen molar-refractivity contribution in [2.75, 3.05) is 7.11 Å². The minimum absolute atomic E-state index is 0.418. The van der Waals surface area contributed by atoms with Crippen molar-refractivity contribution in [3.8, 4) is 11.9 Å². The van der Waals surface area contributed by atoms with Gasteiger partial charge in [-0.25, -0.2) is 0 Å². The van der Waals surface area contributed by atoms with Gasteiger partial charge < -0.3 is 4.74 Å². The molecule has 5 nitrogen and oxygen atoms in total. The zero-order valence-corrected chi connectivity index (χ0v) is 11.4. The average Bonchev–Trinajstić information content (AvgIpc) is 2.56. The van der Waals surface area contributed by atoms with E-state index >= 15 is 0 Å². The number of rotatable bonds is 3. The van der Waals surface area contributed by atoms with Crippen LogP contribution in [-0.4, -0.2) is 22.3 Å². The molecule has 3 aromatic rings. The summed E-state index contributed by atoms with van der Waals surface area (Å²) in [4.78, 5) is 4.54. The van der Waals surface area contributed by atoms with E-state index in [-0.39, 0.29) is 0 Å². The lowest BCUT2D eigenvalue weighted by Crippen LogP contribution is -2.05. The predicted octanol–water partition coefficient (Wildman–Crippen LogP) is 2.69. The lowest BCUT2D eigenvalue weighted by Gasteiger charge is -2.09. The molecule has 0 N–H and O–H groups in total. The van der Waals surface area contributed by atoms with Gasteiger partial charge in [-0.15, -0.1) is 5.10 Å². The van der Waals surface area contributed by atoms with Crippen molar-refractivity contribution in [2.45, 2.75) is 5.92 Å². The van der Waals surface area contributed by atoms with Crippen LogP contribution in [0.5, 0.6) is 5.88 Å². The zero-order valence-electron chi connectivity index (χ0n) is 11.4. The molecule has 2 heterocycles. The Bertz CT molecular complexity index is 808. The molecule has 0 saturated heterocycles. The highest BCUT2D eigenvalue weighted by Crippen LogP contribution is 2.23. The van der Waals surface area contributed by atoms with E-state index in [4.69, 9.17) is 4.74 Å². The van der Waals surface area contributed by atoms with Gasteiger partial charge in [0.15, 0.2) is 0 Å². The first-order chi connectivity index (χ1) is 10.3. The number of nitrogens with zero attached hydrogens (tertiary/aromatic N) is 4. The molecule has 102 valence electrons. The number of fused-ring (bicyclic) bond motifs is 1. The lowest BCUT2D eigenvalue weighted by molar-refractivity contribution is 0.391. The topological polar surface area (TPSA) is 71.7 Å². The molecule has 0 spiro atoms. The molecular weight excluding hydrogens is 264 g/mol. The van der Waals surface area contributed by atoms with Crippen molar-refractivity contribution >= 4 is 10.9 Å². The first-order valence-electron chi connectivity index (χ1n) is 6.45. The van der Waals surface area contributed by atoms with Crippen LogP contribution in [0.25, 0.3) is 10.9 Å². The van der Waals surface area contributed by atoms with E-state index in [2.05, 4.69) is 21.3 Å². The number of ether oxygens (including phenoxy) is 1. The fraction of sp³-hybridized carbons (Fsp3) is 0.125. The van der Waals surface area contributed by atoms with Crippen LogP contribution in [0.15, 0.2) is 48.5 Å². The molecule has 0 bridgehead atoms. The van der Waals surface area contributed by atoms with Crippen LogP contribution in [0.2, 0.25) is 0 Å². The van der Waals surface area contributed by atoms with Gasteiger partial charge in [0.2, 0.25) is 5.88 Å². The second-order valence-corrected chi connectivity index (χ2v) is 4.49. The summed E-state index contributed by atoms with van der Waals surface area (Å²) in [6.45, 7) is 0. The Morgan fingerprint density at radius 2 is 1.81 bits per heavy atom. The smallest absolute Gasteiger partial charge is 0.233 e. The average molecular weight is 276 g/mol. The number of nitriles is 1. The molecule has 1 aromatic carbocycles. The Morgan fingerprint density at radius 3 is 2.52 bits per heavy atom. The molecule has 0 radical (unpaired) electrons. The zero-order chi connectivity index (χ0) is 14.7. The minimum atomic E-state index is -0.548. The van der Waals surface area contributed by atoms with Crippen molar-refractivity contribution < 1.29 is 4.74 Å². The maximum absolute atomic E-state index is 9.44. The largest absolute Gasteiger partial charge is 0.480 e. The molecule has 0 saturated carbocycles. The highest BCUT2D eigenvalue weighted by atomic mass is 16.5. The summed E-state index contributed by atoms with van der Waals surface area (Å²) in [7, 11) is 1.52. The van der Waals surface area contributed by atoms with Gasteiger partial charge in [0.1, 0.15) is 5.92 Å². The minimum Gasteiger partial charge on any atom is -0.480 e. The molecule has 0 aliphatic rings. The molecule has 0 aliphatic heterocycles. The van der Waals surface area contributed by atoms with Gasteiger partial charge in [-0.2, -0.15) is 10.4 Å². The second-order valence-electron chi connectivity index (χ2n) is 4.49. The molecule has 3 rings (SSSR count). The van der Waals surface area contributed by atoms with Crippen LogP contribution in [0.1, 0.15) is 17.3 Å². The van der Waals surface area contributed by atoms with Crippen molar-refractivity contribution in [3.63, 3.8) is 0 Å². The van der Waals surface area contributed by atoms with E-state index in [1.165, 1.54) is 7.11 Å². The number of pyridine rings is 1. The highest BCUT2D eigenvalue weighted by molar-refractivity contribution is 5.78. The fourth-order valence-electron chi connectivity index (χ4n) is 2.12. The van der Waals surface area contributed by atoms with E-state index < -0.39 is 5.92 Å². The number of benzene rings is 1. The van der Waals surface area contributed by atoms with Crippen LogP contribution >= 0.6 is 0 Å². The highest BCUT2D eigenvalue weighted by Gasteiger charge is 2.17. The Morgan fingerprint density at radius 1 is 1.00 bits per heavy atom. The third kappa shape index (κ3) is 2.51. The van der Waals surface area contributed by atoms with Crippen LogP contribution in [-0.2, 0) is 0 Å². The Labute approximate surface area is 121 Å². The Balaban J connectivity index is 2.02. The van der Waals surface area contributed by atoms with E-state index in [0.717, 1.165) is 10.9 Å². The molecule has 0 amide bonds. The summed E-state index contributed by atoms with van der Waals surface area (Å²) in [5, 5.41) is 18.4. The van der Waals surface area contributed by atoms with Crippen molar-refractivity contribution in [3.05, 3.63) is 59.9 Å². The van der Waals surface area contributed by atoms with Crippen LogP contribution in [0, 0.1) is 11.3 Å². The van der Waals surface area contributed by atoms with Gasteiger partial charge in [-0.3, -0.25) is 4.98 Å². The van der Waals surface area contributed by atoms with Crippen molar-refractivity contribution in [2.24, 2.45) is 0 Å². The summed E-state index contributed by atoms with van der Waals surface area (Å²) in [6, 6.07) is 17.3. The maximum atomic E-state index is 9.44. The van der Waals surface area contributed by atoms with Crippen molar-refractivity contribution in [1.29, 1.82) is 5.26 Å². The third-order valence-corrected chi connectivity index (χ3v) is 3.21. The summed E-state index contributed by atoms with van der Waals surface area (Å²) >= 11 is 0. The SMILES string of the molecule is COc1ccc(C(C#N)c2ccc3ccccc3n2)nn1. The summed E-state index contributed by atoms with van der Waals surface area (Å²) in [5.74, 6) is -0.130. The van der Waals surface area contributed by atoms with Crippen LogP contribution < -0.4 is 4.74 Å². The molecule has 5 heteroatoms. The molecule has 1 unspecified atom stereocenters. The number of para-hydroxylation sites is 1. The van der Waals surface area contributed by atoms with Crippen molar-refractivity contribution in [1.82, 2.24) is 15.2 Å². The number of hydrogen-bond donors (Lipinski definition) is 0. The van der Waals surface area contributed by atoms with Crippen LogP contribution in [0.3, 0.4) is 0 Å². The van der Waals surface area contributed by atoms with E-state index in [0.29, 0.717) is 17.3 Å². The third-order valence-electron chi connectivity index (χ3n) is 3.21. The van der Waals surface area contributed by atoms with Gasteiger partial charge in [0.25, 0.3) is 0 Å². The summed E-state index contributed by atoms with van der Waals surface area (Å²) in [5.41, 5.74) is 2.08. The first kappa shape index (κ1) is 13.0. The number of methoxy groups -OCH3 is 1. The van der Waals surface area contributed by atoms with Gasteiger partial charge in [-0.1, -0.05) is 24.3 Å². The number of aromatic nitrogens is 3. The predicted molar refractivity (Wildman–Crippen MR) is 77.8 cm³/mol. The van der Waals surface area contributed by atoms with Gasteiger partial charge in [0.05, 0.1) is 30.1 Å². The standard InChI is InChI=1S/C16H12N4O/c1-21-16-9-8-15(19-20-16)12(10-17)14-7-6-11-4-2-3-5-13(11)18-14/h2-9,12H,1H3. The maximum Gasteiger partial charge on any atom is 0.233 e. The monoisotopic (exact) mass is 276 g/mol. The quantitative estimate of drug-likeness (QED) is 0.735. The molecule has 0 aliphatic carbocycles. The normalized spacial score (nSPS) is 11.8. The summed E-state index contributed by atoms with van der Waals surface area (Å²) in [6.07, 6.45) is 0. The van der Waals surface area contributed by atoms with E-state index in [1.807, 2.05) is 36.4 Å². The summed E-state index contributed by atoms with van der Waals surface area (Å²) < 4.78 is 4.97. The van der Waals surface area contributed by atoms with E-state index in [1.54, 1.807) is 12.1 Å². The lowest BCUT2D eigenvalue weighted by atomic mass is 10.0. The van der Waals surface area contributed by atoms with Crippen LogP contribution in [0.4, 0.5) is 0 Å².